The molecular weight excluding hydrogens is 348 g/mol. The highest BCUT2D eigenvalue weighted by Crippen LogP contribution is 2.41. The van der Waals surface area contributed by atoms with E-state index in [2.05, 4.69) is 11.6 Å². The molecule has 0 fully saturated rings. The van der Waals surface area contributed by atoms with Crippen molar-refractivity contribution in [3.8, 4) is 0 Å². The molecule has 0 aliphatic carbocycles. The maximum Gasteiger partial charge on any atom is 0.334 e. The summed E-state index contributed by atoms with van der Waals surface area (Å²) in [6.07, 6.45) is 1.52. The summed E-state index contributed by atoms with van der Waals surface area (Å²) < 4.78 is 34.2. The van der Waals surface area contributed by atoms with E-state index in [-0.39, 0.29) is 16.8 Å². The molecular formula is C22H17F2NO2. The third kappa shape index (κ3) is 3.49. The standard InChI is InChI=1S/C22H17F2NO2/c1-15(2)21(26)27-22(20-9-5-6-14-25-20,16-10-12-17(23)13-11-16)18-7-3-4-8-19(18)24/h3-14H,1H2,2H3/t22-/m0/s1. The molecule has 2 aromatic carbocycles. The summed E-state index contributed by atoms with van der Waals surface area (Å²) in [7, 11) is 0. The number of esters is 1. The summed E-state index contributed by atoms with van der Waals surface area (Å²) in [5, 5.41) is 0. The molecule has 0 aliphatic rings. The first-order valence-electron chi connectivity index (χ1n) is 8.26. The topological polar surface area (TPSA) is 39.2 Å². The van der Waals surface area contributed by atoms with Crippen LogP contribution in [0.5, 0.6) is 0 Å². The molecule has 3 nitrogen and oxygen atoms in total. The average molecular weight is 365 g/mol. The Kier molecular flexibility index (Phi) is 5.12. The van der Waals surface area contributed by atoms with Crippen LogP contribution in [0.4, 0.5) is 8.78 Å². The smallest absolute Gasteiger partial charge is 0.334 e. The maximum atomic E-state index is 14.9. The van der Waals surface area contributed by atoms with E-state index in [1.807, 2.05) is 0 Å². The lowest BCUT2D eigenvalue weighted by atomic mass is 9.82. The highest BCUT2D eigenvalue weighted by Gasteiger charge is 2.44. The number of carbonyl (C=O) groups excluding carboxylic acids is 1. The number of benzene rings is 2. The van der Waals surface area contributed by atoms with Crippen LogP contribution in [-0.4, -0.2) is 11.0 Å². The molecule has 0 radical (unpaired) electrons. The third-order valence-corrected chi connectivity index (χ3v) is 4.12. The molecule has 0 amide bonds. The van der Waals surface area contributed by atoms with Crippen LogP contribution in [0, 0.1) is 11.6 Å². The fourth-order valence-corrected chi connectivity index (χ4v) is 2.84. The van der Waals surface area contributed by atoms with E-state index in [4.69, 9.17) is 4.74 Å². The highest BCUT2D eigenvalue weighted by molar-refractivity contribution is 5.88. The lowest BCUT2D eigenvalue weighted by Gasteiger charge is -2.34. The van der Waals surface area contributed by atoms with Gasteiger partial charge in [-0.05, 0) is 37.3 Å². The highest BCUT2D eigenvalue weighted by atomic mass is 19.1. The van der Waals surface area contributed by atoms with Gasteiger partial charge < -0.3 is 4.74 Å². The molecule has 3 rings (SSSR count). The SMILES string of the molecule is C=C(C)C(=O)O[C@](c1ccc(F)cc1)(c1ccccn1)c1ccccc1F. The molecule has 27 heavy (non-hydrogen) atoms. The first-order chi connectivity index (χ1) is 12.9. The predicted octanol–water partition coefficient (Wildman–Crippen LogP) is 4.77. The molecule has 0 bridgehead atoms. The average Bonchev–Trinajstić information content (AvgIpc) is 2.68. The van der Waals surface area contributed by atoms with E-state index in [0.717, 1.165) is 0 Å². The second kappa shape index (κ2) is 7.50. The molecule has 5 heteroatoms. The van der Waals surface area contributed by atoms with Crippen LogP contribution in [0.1, 0.15) is 23.7 Å². The number of pyridine rings is 1. The second-order valence-electron chi connectivity index (χ2n) is 6.05. The van der Waals surface area contributed by atoms with Gasteiger partial charge in [-0.1, -0.05) is 43.0 Å². The van der Waals surface area contributed by atoms with Crippen molar-refractivity contribution >= 4 is 5.97 Å². The minimum absolute atomic E-state index is 0.0879. The second-order valence-corrected chi connectivity index (χ2v) is 6.05. The number of aromatic nitrogens is 1. The first-order valence-corrected chi connectivity index (χ1v) is 8.26. The fourth-order valence-electron chi connectivity index (χ4n) is 2.84. The van der Waals surface area contributed by atoms with Crippen LogP contribution in [0.2, 0.25) is 0 Å². The van der Waals surface area contributed by atoms with Crippen molar-refractivity contribution in [2.24, 2.45) is 0 Å². The summed E-state index contributed by atoms with van der Waals surface area (Å²) >= 11 is 0. The zero-order chi connectivity index (χ0) is 19.4. The molecule has 136 valence electrons. The quantitative estimate of drug-likeness (QED) is 0.483. The summed E-state index contributed by atoms with van der Waals surface area (Å²) in [4.78, 5) is 16.8. The first kappa shape index (κ1) is 18.5. The van der Waals surface area contributed by atoms with Crippen molar-refractivity contribution in [3.63, 3.8) is 0 Å². The number of rotatable bonds is 5. The van der Waals surface area contributed by atoms with Gasteiger partial charge in [-0.2, -0.15) is 0 Å². The molecule has 0 saturated heterocycles. The molecule has 0 spiro atoms. The summed E-state index contributed by atoms with van der Waals surface area (Å²) in [6, 6.07) is 16.3. The van der Waals surface area contributed by atoms with Crippen LogP contribution >= 0.6 is 0 Å². The van der Waals surface area contributed by atoms with Crippen molar-refractivity contribution in [3.05, 3.63) is 114 Å². The van der Waals surface area contributed by atoms with E-state index in [1.165, 1.54) is 55.6 Å². The Labute approximate surface area is 156 Å². The molecule has 0 saturated carbocycles. The van der Waals surface area contributed by atoms with Crippen LogP contribution in [0.3, 0.4) is 0 Å². The monoisotopic (exact) mass is 365 g/mol. The Morgan fingerprint density at radius 2 is 1.67 bits per heavy atom. The number of hydrogen-bond acceptors (Lipinski definition) is 3. The fraction of sp³-hybridized carbons (Fsp3) is 0.0909. The predicted molar refractivity (Wildman–Crippen MR) is 97.8 cm³/mol. The molecule has 3 aromatic rings. The van der Waals surface area contributed by atoms with Crippen molar-refractivity contribution in [1.29, 1.82) is 0 Å². The molecule has 0 N–H and O–H groups in total. The number of carbonyl (C=O) groups is 1. The Morgan fingerprint density at radius 3 is 2.26 bits per heavy atom. The largest absolute Gasteiger partial charge is 0.439 e. The molecule has 1 atom stereocenters. The van der Waals surface area contributed by atoms with Crippen LogP contribution in [-0.2, 0) is 15.1 Å². The van der Waals surface area contributed by atoms with Crippen molar-refractivity contribution in [2.75, 3.05) is 0 Å². The number of nitrogens with zero attached hydrogens (tertiary/aromatic N) is 1. The molecule has 1 aromatic heterocycles. The number of ether oxygens (including phenoxy) is 1. The van der Waals surface area contributed by atoms with Gasteiger partial charge in [0.05, 0.1) is 5.69 Å². The third-order valence-electron chi connectivity index (χ3n) is 4.12. The lowest BCUT2D eigenvalue weighted by molar-refractivity contribution is -0.148. The number of halogens is 2. The van der Waals surface area contributed by atoms with Gasteiger partial charge in [-0.25, -0.2) is 13.6 Å². The summed E-state index contributed by atoms with van der Waals surface area (Å²) in [6.45, 7) is 5.11. The van der Waals surface area contributed by atoms with Crippen LogP contribution in [0.25, 0.3) is 0 Å². The van der Waals surface area contributed by atoms with Gasteiger partial charge in [0.2, 0.25) is 5.60 Å². The Balaban J connectivity index is 2.37. The summed E-state index contributed by atoms with van der Waals surface area (Å²) in [5.41, 5.74) is -0.812. The van der Waals surface area contributed by atoms with Gasteiger partial charge in [0.25, 0.3) is 0 Å². The van der Waals surface area contributed by atoms with Gasteiger partial charge in [-0.15, -0.1) is 0 Å². The normalized spacial score (nSPS) is 12.9. The lowest BCUT2D eigenvalue weighted by Crippen LogP contribution is -2.37. The number of hydrogen-bond donors (Lipinski definition) is 0. The molecule has 0 aliphatic heterocycles. The van der Waals surface area contributed by atoms with Gasteiger partial charge in [-0.3, -0.25) is 4.98 Å². The van der Waals surface area contributed by atoms with Gasteiger partial charge in [0, 0.05) is 22.9 Å². The Morgan fingerprint density at radius 1 is 1.00 bits per heavy atom. The Hall–Kier alpha value is -3.34. The van der Waals surface area contributed by atoms with E-state index in [9.17, 15) is 13.6 Å². The zero-order valence-electron chi connectivity index (χ0n) is 14.7. The van der Waals surface area contributed by atoms with Crippen LogP contribution < -0.4 is 0 Å². The minimum Gasteiger partial charge on any atom is -0.439 e. The summed E-state index contributed by atoms with van der Waals surface area (Å²) in [5.74, 6) is -1.76. The van der Waals surface area contributed by atoms with E-state index >= 15 is 0 Å². The van der Waals surface area contributed by atoms with Gasteiger partial charge >= 0.3 is 5.97 Å². The maximum absolute atomic E-state index is 14.9. The Bertz CT molecular complexity index is 971. The van der Waals surface area contributed by atoms with Crippen molar-refractivity contribution < 1.29 is 18.3 Å². The minimum atomic E-state index is -1.70. The van der Waals surface area contributed by atoms with Crippen molar-refractivity contribution in [2.45, 2.75) is 12.5 Å². The van der Waals surface area contributed by atoms with Gasteiger partial charge in [0.1, 0.15) is 11.6 Å². The van der Waals surface area contributed by atoms with E-state index in [0.29, 0.717) is 5.56 Å². The van der Waals surface area contributed by atoms with Crippen LogP contribution in [0.15, 0.2) is 85.1 Å². The molecule has 0 unspecified atom stereocenters. The van der Waals surface area contributed by atoms with Crippen molar-refractivity contribution in [1.82, 2.24) is 4.98 Å². The zero-order valence-corrected chi connectivity index (χ0v) is 14.7. The van der Waals surface area contributed by atoms with E-state index in [1.54, 1.807) is 24.3 Å². The van der Waals surface area contributed by atoms with Gasteiger partial charge in [0.15, 0.2) is 0 Å². The molecule has 1 heterocycles. The van der Waals surface area contributed by atoms with E-state index < -0.39 is 23.2 Å².